The van der Waals surface area contributed by atoms with Gasteiger partial charge in [-0.05, 0) is 32.4 Å². The summed E-state index contributed by atoms with van der Waals surface area (Å²) in [6.45, 7) is 12.0. The summed E-state index contributed by atoms with van der Waals surface area (Å²) < 4.78 is 7.58. The van der Waals surface area contributed by atoms with Crippen molar-refractivity contribution in [3.05, 3.63) is 11.9 Å². The van der Waals surface area contributed by atoms with Crippen LogP contribution >= 0.6 is 0 Å². The summed E-state index contributed by atoms with van der Waals surface area (Å²) >= 11 is 0. The predicted octanol–water partition coefficient (Wildman–Crippen LogP) is 2.97. The normalized spacial score (nSPS) is 11.8. The lowest BCUT2D eigenvalue weighted by atomic mass is 9.85. The average Bonchev–Trinajstić information content (AvgIpc) is 2.79. The Morgan fingerprint density at radius 1 is 1.26 bits per heavy atom. The monoisotopic (exact) mass is 267 g/mol. The highest BCUT2D eigenvalue weighted by Gasteiger charge is 2.28. The molecule has 0 fully saturated rings. The Bertz CT molecular complexity index is 371. The van der Waals surface area contributed by atoms with Gasteiger partial charge in [-0.3, -0.25) is 4.68 Å². The molecule has 0 aliphatic carbocycles. The van der Waals surface area contributed by atoms with Crippen molar-refractivity contribution in [1.82, 2.24) is 15.1 Å². The molecular formula is C15H29N3O. The minimum atomic E-state index is 0.0672. The summed E-state index contributed by atoms with van der Waals surface area (Å²) in [5, 5.41) is 7.93. The van der Waals surface area contributed by atoms with Crippen LogP contribution in [0.5, 0.6) is 5.75 Å². The molecule has 0 aliphatic heterocycles. The molecular weight excluding hydrogens is 238 g/mol. The fourth-order valence-electron chi connectivity index (χ4n) is 2.40. The van der Waals surface area contributed by atoms with Crippen LogP contribution in [0.1, 0.15) is 52.7 Å². The van der Waals surface area contributed by atoms with E-state index in [1.165, 1.54) is 12.1 Å². The van der Waals surface area contributed by atoms with E-state index in [9.17, 15) is 0 Å². The zero-order chi connectivity index (χ0) is 14.3. The van der Waals surface area contributed by atoms with Crippen LogP contribution in [0.15, 0.2) is 6.20 Å². The van der Waals surface area contributed by atoms with Crippen molar-refractivity contribution >= 4 is 0 Å². The van der Waals surface area contributed by atoms with Crippen molar-refractivity contribution in [2.75, 3.05) is 20.2 Å². The van der Waals surface area contributed by atoms with Gasteiger partial charge in [0.05, 0.1) is 19.0 Å². The van der Waals surface area contributed by atoms with Gasteiger partial charge in [0.1, 0.15) is 0 Å². The second kappa shape index (κ2) is 7.53. The second-order valence-electron chi connectivity index (χ2n) is 5.67. The molecule has 0 amide bonds. The fraction of sp³-hybridized carbons (Fsp3) is 0.800. The zero-order valence-electron chi connectivity index (χ0n) is 13.1. The summed E-state index contributed by atoms with van der Waals surface area (Å²) in [5.74, 6) is 0.911. The maximum atomic E-state index is 5.48. The molecule has 1 rings (SSSR count). The topological polar surface area (TPSA) is 39.1 Å². The van der Waals surface area contributed by atoms with E-state index in [-0.39, 0.29) is 5.41 Å². The molecule has 0 bridgehead atoms. The highest BCUT2D eigenvalue weighted by Crippen LogP contribution is 2.34. The average molecular weight is 267 g/mol. The summed E-state index contributed by atoms with van der Waals surface area (Å²) in [4.78, 5) is 0. The smallest absolute Gasteiger partial charge is 0.160 e. The minimum absolute atomic E-state index is 0.0672. The van der Waals surface area contributed by atoms with Gasteiger partial charge in [-0.15, -0.1) is 0 Å². The lowest BCUT2D eigenvalue weighted by Crippen LogP contribution is -2.29. The largest absolute Gasteiger partial charge is 0.493 e. The molecule has 19 heavy (non-hydrogen) atoms. The first-order valence-corrected chi connectivity index (χ1v) is 7.37. The van der Waals surface area contributed by atoms with Gasteiger partial charge < -0.3 is 10.1 Å². The molecule has 0 aliphatic rings. The summed E-state index contributed by atoms with van der Waals surface area (Å²) in [7, 11) is 1.72. The van der Waals surface area contributed by atoms with Crippen molar-refractivity contribution in [2.24, 2.45) is 0 Å². The highest BCUT2D eigenvalue weighted by molar-refractivity contribution is 5.31. The van der Waals surface area contributed by atoms with Gasteiger partial charge in [-0.25, -0.2) is 0 Å². The number of ether oxygens (including phenoxy) is 1. The van der Waals surface area contributed by atoms with Gasteiger partial charge in [0, 0.05) is 12.0 Å². The van der Waals surface area contributed by atoms with E-state index < -0.39 is 0 Å². The Morgan fingerprint density at radius 2 is 2.00 bits per heavy atom. The van der Waals surface area contributed by atoms with E-state index in [0.29, 0.717) is 0 Å². The third-order valence-corrected chi connectivity index (χ3v) is 3.46. The molecule has 0 radical (unpaired) electrons. The van der Waals surface area contributed by atoms with E-state index in [2.05, 4.69) is 42.8 Å². The van der Waals surface area contributed by atoms with Gasteiger partial charge in [0.2, 0.25) is 0 Å². The Balaban J connectivity index is 2.82. The van der Waals surface area contributed by atoms with Crippen LogP contribution < -0.4 is 10.1 Å². The van der Waals surface area contributed by atoms with Crippen LogP contribution in [-0.2, 0) is 12.0 Å². The van der Waals surface area contributed by atoms with Crippen LogP contribution in [0.2, 0.25) is 0 Å². The summed E-state index contributed by atoms with van der Waals surface area (Å²) in [5.41, 5.74) is 1.28. The SMILES string of the molecule is CCCNCCC(C)(C)c1c(OC)cnn1CCC. The number of rotatable bonds is 9. The number of hydrogen-bond donors (Lipinski definition) is 1. The number of aromatic nitrogens is 2. The number of hydrogen-bond acceptors (Lipinski definition) is 3. The maximum Gasteiger partial charge on any atom is 0.160 e. The van der Waals surface area contributed by atoms with Gasteiger partial charge in [0.15, 0.2) is 5.75 Å². The third-order valence-electron chi connectivity index (χ3n) is 3.46. The molecule has 4 nitrogen and oxygen atoms in total. The molecule has 0 aromatic carbocycles. The first-order chi connectivity index (χ1) is 9.06. The van der Waals surface area contributed by atoms with E-state index in [1.54, 1.807) is 7.11 Å². The number of methoxy groups -OCH3 is 1. The Labute approximate surface area is 117 Å². The molecule has 0 spiro atoms. The van der Waals surface area contributed by atoms with Crippen LogP contribution in [0.25, 0.3) is 0 Å². The van der Waals surface area contributed by atoms with Gasteiger partial charge in [0.25, 0.3) is 0 Å². The Morgan fingerprint density at radius 3 is 2.58 bits per heavy atom. The Hall–Kier alpha value is -1.03. The lowest BCUT2D eigenvalue weighted by Gasteiger charge is -2.27. The van der Waals surface area contributed by atoms with Gasteiger partial charge >= 0.3 is 0 Å². The molecule has 110 valence electrons. The standard InChI is InChI=1S/C15H29N3O/c1-6-9-16-10-8-15(3,4)14-13(19-5)12-17-18(14)11-7-2/h12,16H,6-11H2,1-5H3. The maximum absolute atomic E-state index is 5.48. The third kappa shape index (κ3) is 4.23. The molecule has 1 heterocycles. The quantitative estimate of drug-likeness (QED) is 0.699. The van der Waals surface area contributed by atoms with Crippen LogP contribution in [0.4, 0.5) is 0 Å². The molecule has 0 saturated heterocycles. The van der Waals surface area contributed by atoms with E-state index >= 15 is 0 Å². The van der Waals surface area contributed by atoms with Crippen LogP contribution in [-0.4, -0.2) is 30.0 Å². The molecule has 0 unspecified atom stereocenters. The van der Waals surface area contributed by atoms with Crippen molar-refractivity contribution in [1.29, 1.82) is 0 Å². The first-order valence-electron chi connectivity index (χ1n) is 7.37. The van der Waals surface area contributed by atoms with Crippen molar-refractivity contribution in [3.63, 3.8) is 0 Å². The van der Waals surface area contributed by atoms with E-state index in [0.717, 1.165) is 38.2 Å². The number of aryl methyl sites for hydroxylation is 1. The zero-order valence-corrected chi connectivity index (χ0v) is 13.1. The summed E-state index contributed by atoms with van der Waals surface area (Å²) in [6, 6.07) is 0. The molecule has 1 aromatic rings. The lowest BCUT2D eigenvalue weighted by molar-refractivity contribution is 0.363. The predicted molar refractivity (Wildman–Crippen MR) is 79.9 cm³/mol. The van der Waals surface area contributed by atoms with Crippen molar-refractivity contribution in [3.8, 4) is 5.75 Å². The molecule has 0 atom stereocenters. The molecule has 0 saturated carbocycles. The van der Waals surface area contributed by atoms with Crippen LogP contribution in [0, 0.1) is 0 Å². The van der Waals surface area contributed by atoms with Crippen molar-refractivity contribution < 1.29 is 4.74 Å². The van der Waals surface area contributed by atoms with Crippen molar-refractivity contribution in [2.45, 2.75) is 58.9 Å². The molecule has 1 N–H and O–H groups in total. The van der Waals surface area contributed by atoms with E-state index in [4.69, 9.17) is 4.74 Å². The van der Waals surface area contributed by atoms with Gasteiger partial charge in [-0.1, -0.05) is 27.7 Å². The fourth-order valence-corrected chi connectivity index (χ4v) is 2.40. The van der Waals surface area contributed by atoms with E-state index in [1.807, 2.05) is 6.20 Å². The Kier molecular flexibility index (Phi) is 6.35. The van der Waals surface area contributed by atoms with Crippen LogP contribution in [0.3, 0.4) is 0 Å². The second-order valence-corrected chi connectivity index (χ2v) is 5.67. The van der Waals surface area contributed by atoms with Gasteiger partial charge in [-0.2, -0.15) is 5.10 Å². The minimum Gasteiger partial charge on any atom is -0.493 e. The number of nitrogens with one attached hydrogen (secondary N) is 1. The number of nitrogens with zero attached hydrogens (tertiary/aromatic N) is 2. The molecule has 4 heteroatoms. The first kappa shape index (κ1) is 16.0. The summed E-state index contributed by atoms with van der Waals surface area (Å²) in [6.07, 6.45) is 5.19. The highest BCUT2D eigenvalue weighted by atomic mass is 16.5. The molecule has 1 aromatic heterocycles.